The highest BCUT2D eigenvalue weighted by atomic mass is 19.4. The van der Waals surface area contributed by atoms with E-state index in [1.54, 1.807) is 23.7 Å². The number of piperidine rings is 1. The Hall–Kier alpha value is -3.12. The Morgan fingerprint density at radius 1 is 1.19 bits per heavy atom. The molecular weight excluding hydrogens is 491 g/mol. The van der Waals surface area contributed by atoms with Crippen molar-refractivity contribution >= 4 is 11.9 Å². The summed E-state index contributed by atoms with van der Waals surface area (Å²) in [5.74, 6) is 0.962. The lowest BCUT2D eigenvalue weighted by molar-refractivity contribution is -0.274. The number of carbonyl (C=O) groups is 2. The van der Waals surface area contributed by atoms with E-state index in [4.69, 9.17) is 5.11 Å². The number of halogens is 3. The predicted octanol–water partition coefficient (Wildman–Crippen LogP) is 2.59. The minimum atomic E-state index is -4.67. The van der Waals surface area contributed by atoms with Crippen LogP contribution in [0.25, 0.3) is 0 Å². The largest absolute Gasteiger partial charge is 0.573 e. The van der Waals surface area contributed by atoms with Gasteiger partial charge in [0, 0.05) is 46.0 Å². The zero-order valence-corrected chi connectivity index (χ0v) is 20.7. The number of carbonyl (C=O) groups excluding carboxylic acids is 1. The molecule has 3 aliphatic rings. The summed E-state index contributed by atoms with van der Waals surface area (Å²) in [7, 11) is 1.72. The summed E-state index contributed by atoms with van der Waals surface area (Å²) < 4.78 is 42.5. The van der Waals surface area contributed by atoms with Gasteiger partial charge in [0.05, 0.1) is 12.9 Å². The third-order valence-electron chi connectivity index (χ3n) is 7.03. The van der Waals surface area contributed by atoms with Gasteiger partial charge in [-0.1, -0.05) is 12.1 Å². The number of nitrogens with zero attached hydrogens (tertiary/aromatic N) is 4. The van der Waals surface area contributed by atoms with Crippen LogP contribution in [0.1, 0.15) is 28.9 Å². The number of fused-ring (bicyclic) bond motifs is 1. The number of carboxylic acids is 1. The van der Waals surface area contributed by atoms with Crippen LogP contribution in [0, 0.1) is 17.8 Å². The van der Waals surface area contributed by atoms with Crippen LogP contribution in [0.2, 0.25) is 0 Å². The summed E-state index contributed by atoms with van der Waals surface area (Å²) in [4.78, 5) is 30.2. The topological polar surface area (TPSA) is 99.9 Å². The van der Waals surface area contributed by atoms with Crippen molar-refractivity contribution in [2.75, 3.05) is 39.3 Å². The van der Waals surface area contributed by atoms with Crippen LogP contribution in [0.3, 0.4) is 0 Å². The SMILES string of the molecule is Cn1cnc(C(=O)O)c1.O=C(CN1CC2C(CNCc3cccc(OC(F)(F)F)c3)C2C1)N1CCCC1. The Kier molecular flexibility index (Phi) is 8.38. The third-order valence-corrected chi connectivity index (χ3v) is 7.03. The second-order valence-corrected chi connectivity index (χ2v) is 9.83. The molecule has 2 aromatic rings. The van der Waals surface area contributed by atoms with Crippen molar-refractivity contribution in [3.05, 3.63) is 48.0 Å². The number of aromatic carboxylic acids is 1. The lowest BCUT2D eigenvalue weighted by atomic mass is 10.2. The van der Waals surface area contributed by atoms with Crippen molar-refractivity contribution in [2.24, 2.45) is 24.8 Å². The van der Waals surface area contributed by atoms with Crippen molar-refractivity contribution < 1.29 is 32.6 Å². The van der Waals surface area contributed by atoms with Gasteiger partial charge in [-0.2, -0.15) is 0 Å². The maximum Gasteiger partial charge on any atom is 0.573 e. The zero-order chi connectivity index (χ0) is 26.6. The number of imidazole rings is 1. The van der Waals surface area contributed by atoms with Crippen LogP contribution < -0.4 is 10.1 Å². The minimum absolute atomic E-state index is 0.0810. The first kappa shape index (κ1) is 26.9. The standard InChI is InChI=1S/C20H26F3N3O2.C5H6N2O2/c21-20(22,23)28-15-5-3-4-14(8-15)9-24-10-16-17-11-25(12-18(16)17)13-19(27)26-6-1-2-7-26;1-7-2-4(5(8)9)6-3-7/h3-5,8,16-18,24H,1-2,6-7,9-13H2;2-3H,1H3,(H,8,9). The summed E-state index contributed by atoms with van der Waals surface area (Å²) >= 11 is 0. The van der Waals surface area contributed by atoms with Crippen molar-refractivity contribution in [1.82, 2.24) is 24.7 Å². The lowest BCUT2D eigenvalue weighted by Gasteiger charge is -2.22. The first-order chi connectivity index (χ1) is 17.6. The molecule has 12 heteroatoms. The van der Waals surface area contributed by atoms with Crippen molar-refractivity contribution in [1.29, 1.82) is 0 Å². The van der Waals surface area contributed by atoms with E-state index in [0.29, 0.717) is 30.8 Å². The number of hydrogen-bond acceptors (Lipinski definition) is 6. The highest BCUT2D eigenvalue weighted by molar-refractivity contribution is 5.84. The summed E-state index contributed by atoms with van der Waals surface area (Å²) in [6, 6.07) is 6.08. The Morgan fingerprint density at radius 3 is 2.46 bits per heavy atom. The number of aromatic nitrogens is 2. The van der Waals surface area contributed by atoms with Gasteiger partial charge in [0.25, 0.3) is 0 Å². The van der Waals surface area contributed by atoms with E-state index in [0.717, 1.165) is 51.1 Å². The Balaban J connectivity index is 0.000000301. The molecule has 1 aromatic heterocycles. The fraction of sp³-hybridized carbons (Fsp3) is 0.560. The molecule has 0 radical (unpaired) electrons. The maximum atomic E-state index is 12.3. The predicted molar refractivity (Wildman–Crippen MR) is 128 cm³/mol. The number of aryl methyl sites for hydroxylation is 1. The Morgan fingerprint density at radius 2 is 1.89 bits per heavy atom. The molecule has 2 aliphatic heterocycles. The molecule has 3 fully saturated rings. The van der Waals surface area contributed by atoms with E-state index in [1.807, 2.05) is 4.90 Å². The average Bonchev–Trinajstić information content (AvgIpc) is 3.34. The summed E-state index contributed by atoms with van der Waals surface area (Å²) in [6.45, 7) is 5.68. The number of rotatable bonds is 8. The molecule has 2 unspecified atom stereocenters. The van der Waals surface area contributed by atoms with E-state index >= 15 is 0 Å². The van der Waals surface area contributed by atoms with E-state index in [2.05, 4.69) is 19.9 Å². The highest BCUT2D eigenvalue weighted by Crippen LogP contribution is 2.51. The maximum absolute atomic E-state index is 12.3. The molecular formula is C25H32F3N5O4. The van der Waals surface area contributed by atoms with Crippen LogP contribution in [0.15, 0.2) is 36.8 Å². The molecule has 5 rings (SSSR count). The number of alkyl halides is 3. The molecule has 202 valence electrons. The number of likely N-dealkylation sites (tertiary alicyclic amines) is 2. The zero-order valence-electron chi connectivity index (χ0n) is 20.7. The van der Waals surface area contributed by atoms with Gasteiger partial charge in [0.1, 0.15) is 5.75 Å². The number of carboxylic acid groups (broad SMARTS) is 1. The molecule has 0 bridgehead atoms. The second kappa shape index (κ2) is 11.5. The minimum Gasteiger partial charge on any atom is -0.476 e. The van der Waals surface area contributed by atoms with Gasteiger partial charge in [-0.05, 0) is 54.8 Å². The van der Waals surface area contributed by atoms with Gasteiger partial charge in [-0.25, -0.2) is 9.78 Å². The van der Waals surface area contributed by atoms with Gasteiger partial charge in [-0.3, -0.25) is 9.69 Å². The molecule has 0 spiro atoms. The van der Waals surface area contributed by atoms with Crippen molar-refractivity contribution in [2.45, 2.75) is 25.7 Å². The van der Waals surface area contributed by atoms with Crippen LogP contribution in [0.5, 0.6) is 5.75 Å². The Labute approximate surface area is 213 Å². The fourth-order valence-corrected chi connectivity index (χ4v) is 5.19. The molecule has 1 amide bonds. The van der Waals surface area contributed by atoms with E-state index in [-0.39, 0.29) is 17.4 Å². The summed E-state index contributed by atoms with van der Waals surface area (Å²) in [6.07, 6.45) is 0.470. The molecule has 1 saturated carbocycles. The smallest absolute Gasteiger partial charge is 0.476 e. The van der Waals surface area contributed by atoms with Gasteiger partial charge in [0.15, 0.2) is 5.69 Å². The highest BCUT2D eigenvalue weighted by Gasteiger charge is 2.55. The molecule has 1 aromatic carbocycles. The van der Waals surface area contributed by atoms with E-state index in [1.165, 1.54) is 24.7 Å². The van der Waals surface area contributed by atoms with Gasteiger partial charge >= 0.3 is 12.3 Å². The third kappa shape index (κ3) is 7.68. The molecule has 1 aliphatic carbocycles. The first-order valence-electron chi connectivity index (χ1n) is 12.4. The second-order valence-electron chi connectivity index (χ2n) is 9.83. The number of amides is 1. The lowest BCUT2D eigenvalue weighted by Crippen LogP contribution is -2.39. The number of benzene rings is 1. The molecule has 2 atom stereocenters. The van der Waals surface area contributed by atoms with E-state index in [9.17, 15) is 22.8 Å². The van der Waals surface area contributed by atoms with Crippen LogP contribution in [0.4, 0.5) is 13.2 Å². The quantitative estimate of drug-likeness (QED) is 0.549. The van der Waals surface area contributed by atoms with Gasteiger partial charge < -0.3 is 24.6 Å². The average molecular weight is 524 g/mol. The summed E-state index contributed by atoms with van der Waals surface area (Å²) in [5.41, 5.74) is 0.850. The molecule has 9 nitrogen and oxygen atoms in total. The molecule has 37 heavy (non-hydrogen) atoms. The van der Waals surface area contributed by atoms with Crippen LogP contribution >= 0.6 is 0 Å². The summed E-state index contributed by atoms with van der Waals surface area (Å²) in [5, 5.41) is 11.7. The fourth-order valence-electron chi connectivity index (χ4n) is 5.19. The van der Waals surface area contributed by atoms with Crippen LogP contribution in [-0.4, -0.2) is 82.0 Å². The van der Waals surface area contributed by atoms with Crippen molar-refractivity contribution in [3.8, 4) is 5.75 Å². The normalized spacial score (nSPS) is 22.8. The van der Waals surface area contributed by atoms with E-state index < -0.39 is 12.3 Å². The molecule has 2 saturated heterocycles. The number of ether oxygens (including phenoxy) is 1. The number of hydrogen-bond donors (Lipinski definition) is 2. The number of nitrogens with one attached hydrogen (secondary N) is 1. The molecule has 2 N–H and O–H groups in total. The monoisotopic (exact) mass is 523 g/mol. The first-order valence-corrected chi connectivity index (χ1v) is 12.4. The van der Waals surface area contributed by atoms with Crippen LogP contribution in [-0.2, 0) is 18.4 Å². The van der Waals surface area contributed by atoms with Crippen molar-refractivity contribution in [3.63, 3.8) is 0 Å². The van der Waals surface area contributed by atoms with Gasteiger partial charge in [0.2, 0.25) is 5.91 Å². The Bertz CT molecular complexity index is 1070. The van der Waals surface area contributed by atoms with Gasteiger partial charge in [-0.15, -0.1) is 13.2 Å². The molecule has 3 heterocycles.